The number of Topliss-reactive ketones (excluding diaryl/α,β-unsaturated/α-hetero) is 3. The van der Waals surface area contributed by atoms with Crippen molar-refractivity contribution in [2.24, 2.45) is 35.5 Å². The van der Waals surface area contributed by atoms with Crippen molar-refractivity contribution >= 4 is 29.2 Å². The van der Waals surface area contributed by atoms with E-state index in [1.807, 2.05) is 34.6 Å². The van der Waals surface area contributed by atoms with Crippen LogP contribution < -0.4 is 0 Å². The number of hydrogen-bond acceptors (Lipinski definition) is 15. The van der Waals surface area contributed by atoms with E-state index in [0.29, 0.717) is 89.6 Å². The summed E-state index contributed by atoms with van der Waals surface area (Å²) < 4.78 is 41.8. The number of piperidine rings is 1. The van der Waals surface area contributed by atoms with E-state index in [1.165, 1.54) is 12.0 Å². The molecule has 1 saturated carbocycles. The third-order valence-corrected chi connectivity index (χ3v) is 15.6. The van der Waals surface area contributed by atoms with Crippen molar-refractivity contribution in [3.8, 4) is 0 Å². The Kier molecular flexibility index (Phi) is 25.9. The van der Waals surface area contributed by atoms with E-state index in [0.717, 1.165) is 18.4 Å². The molecule has 2 bridgehead atoms. The van der Waals surface area contributed by atoms with Gasteiger partial charge in [-0.15, -0.1) is 0 Å². The molecule has 4 rings (SSSR count). The number of ketones is 3. The minimum absolute atomic E-state index is 0.0512. The van der Waals surface area contributed by atoms with E-state index in [-0.39, 0.29) is 74.1 Å². The van der Waals surface area contributed by atoms with Gasteiger partial charge in [0, 0.05) is 58.0 Å². The van der Waals surface area contributed by atoms with Crippen LogP contribution in [0.25, 0.3) is 0 Å². The number of ether oxygens (including phenoxy) is 7. The van der Waals surface area contributed by atoms with Gasteiger partial charge in [0.1, 0.15) is 30.1 Å². The first-order chi connectivity index (χ1) is 34.3. The molecular formula is C56H91NO15. The van der Waals surface area contributed by atoms with Gasteiger partial charge >= 0.3 is 5.97 Å². The highest BCUT2D eigenvalue weighted by molar-refractivity contribution is 6.39. The summed E-state index contributed by atoms with van der Waals surface area (Å²) in [5.41, 5.74) is 1.34. The van der Waals surface area contributed by atoms with Crippen LogP contribution in [0.15, 0.2) is 35.5 Å². The molecule has 0 unspecified atom stereocenters. The summed E-state index contributed by atoms with van der Waals surface area (Å²) in [5.74, 6) is -7.93. The lowest BCUT2D eigenvalue weighted by molar-refractivity contribution is -0.266. The van der Waals surface area contributed by atoms with Gasteiger partial charge in [-0.05, 0) is 127 Å². The SMILES string of the molecule is CCOCCO[C@H]1C[C@@H]2CC[C@@H](C)[C@@](O)(O2)C(=O)C(=O)N2CCCC[C@H]2C(=O)O[C@H]([C@H](C)C[C@@H]2CC[C@@H](OCCO)[C@H](OC)C2)CC(=O)[C@H](C)/C=C(\C)[C@@H](O)[C@@H](OC)C(=O)[C@H](C)C[C@H](C)/C=C/CCC=C1C. The number of methoxy groups -OCH3 is 2. The zero-order valence-corrected chi connectivity index (χ0v) is 45.2. The Labute approximate surface area is 429 Å². The van der Waals surface area contributed by atoms with Crippen LogP contribution in [0.5, 0.6) is 0 Å². The predicted molar refractivity (Wildman–Crippen MR) is 271 cm³/mol. The summed E-state index contributed by atoms with van der Waals surface area (Å²) in [6.45, 7) is 16.2. The maximum absolute atomic E-state index is 14.5. The average molecular weight is 1020 g/mol. The van der Waals surface area contributed by atoms with E-state index in [4.69, 9.17) is 33.2 Å². The van der Waals surface area contributed by atoms with E-state index in [9.17, 15) is 39.3 Å². The first-order valence-electron chi connectivity index (χ1n) is 27.0. The Morgan fingerprint density at radius 3 is 2.31 bits per heavy atom. The molecule has 72 heavy (non-hydrogen) atoms. The van der Waals surface area contributed by atoms with Crippen molar-refractivity contribution in [3.63, 3.8) is 0 Å². The van der Waals surface area contributed by atoms with Crippen LogP contribution in [0.2, 0.25) is 0 Å². The summed E-state index contributed by atoms with van der Waals surface area (Å²) >= 11 is 0. The smallest absolute Gasteiger partial charge is 0.329 e. The van der Waals surface area contributed by atoms with Crippen molar-refractivity contribution in [2.75, 3.05) is 53.8 Å². The number of nitrogens with zero attached hydrogens (tertiary/aromatic N) is 1. The second-order valence-corrected chi connectivity index (χ2v) is 21.3. The van der Waals surface area contributed by atoms with Gasteiger partial charge in [0.25, 0.3) is 11.7 Å². The van der Waals surface area contributed by atoms with Crippen molar-refractivity contribution in [1.29, 1.82) is 0 Å². The number of fused-ring (bicyclic) bond motifs is 3. The van der Waals surface area contributed by atoms with Crippen molar-refractivity contribution in [1.82, 2.24) is 4.90 Å². The highest BCUT2D eigenvalue weighted by atomic mass is 16.6. The van der Waals surface area contributed by atoms with Crippen LogP contribution >= 0.6 is 0 Å². The summed E-state index contributed by atoms with van der Waals surface area (Å²) in [4.78, 5) is 72.7. The van der Waals surface area contributed by atoms with Gasteiger partial charge in [0.05, 0.1) is 50.8 Å². The molecule has 4 aliphatic rings. The maximum atomic E-state index is 14.5. The molecule has 16 nitrogen and oxygen atoms in total. The van der Waals surface area contributed by atoms with Crippen LogP contribution in [0, 0.1) is 35.5 Å². The highest BCUT2D eigenvalue weighted by Crippen LogP contribution is 2.38. The molecule has 1 aliphatic carbocycles. The first-order valence-corrected chi connectivity index (χ1v) is 27.0. The van der Waals surface area contributed by atoms with Gasteiger partial charge in [0.2, 0.25) is 5.79 Å². The number of aliphatic hydroxyl groups is 3. The van der Waals surface area contributed by atoms with Crippen LogP contribution in [-0.2, 0) is 57.1 Å². The summed E-state index contributed by atoms with van der Waals surface area (Å²) in [6, 6.07) is -1.15. The van der Waals surface area contributed by atoms with Gasteiger partial charge in [-0.2, -0.15) is 0 Å². The molecule has 0 aromatic heterocycles. The largest absolute Gasteiger partial charge is 0.460 e. The number of aliphatic hydroxyl groups excluding tert-OH is 2. The Morgan fingerprint density at radius 2 is 1.61 bits per heavy atom. The lowest BCUT2D eigenvalue weighted by Gasteiger charge is -2.43. The van der Waals surface area contributed by atoms with Gasteiger partial charge in [-0.25, -0.2) is 4.79 Å². The lowest BCUT2D eigenvalue weighted by atomic mass is 9.78. The zero-order valence-electron chi connectivity index (χ0n) is 45.2. The number of hydrogen-bond donors (Lipinski definition) is 3. The molecule has 0 aromatic carbocycles. The van der Waals surface area contributed by atoms with E-state index < -0.39 is 77.8 Å². The van der Waals surface area contributed by atoms with Crippen LogP contribution in [0.4, 0.5) is 0 Å². The van der Waals surface area contributed by atoms with Crippen molar-refractivity contribution < 1.29 is 72.5 Å². The number of amides is 1. The van der Waals surface area contributed by atoms with Gasteiger partial charge < -0.3 is 53.4 Å². The number of carbonyl (C=O) groups is 5. The summed E-state index contributed by atoms with van der Waals surface area (Å²) in [7, 11) is 3.02. The second kappa shape index (κ2) is 30.4. The maximum Gasteiger partial charge on any atom is 0.329 e. The lowest BCUT2D eigenvalue weighted by Crippen LogP contribution is -2.61. The minimum Gasteiger partial charge on any atom is -0.460 e. The monoisotopic (exact) mass is 1020 g/mol. The highest BCUT2D eigenvalue weighted by Gasteiger charge is 2.53. The normalized spacial score (nSPS) is 36.7. The quantitative estimate of drug-likeness (QED) is 0.0747. The summed E-state index contributed by atoms with van der Waals surface area (Å²) in [5, 5.41) is 33.0. The van der Waals surface area contributed by atoms with E-state index in [2.05, 4.69) is 18.2 Å². The molecule has 3 aliphatic heterocycles. The average Bonchev–Trinajstić information content (AvgIpc) is 3.36. The Morgan fingerprint density at radius 1 is 0.861 bits per heavy atom. The fourth-order valence-electron chi connectivity index (χ4n) is 11.0. The fourth-order valence-corrected chi connectivity index (χ4v) is 11.0. The number of rotatable bonds is 13. The van der Waals surface area contributed by atoms with Gasteiger partial charge in [-0.3, -0.25) is 19.2 Å². The molecule has 3 N–H and O–H groups in total. The number of allylic oxidation sites excluding steroid dienone is 4. The first kappa shape index (κ1) is 61.4. The Bertz CT molecular complexity index is 1830. The van der Waals surface area contributed by atoms with Crippen molar-refractivity contribution in [3.05, 3.63) is 35.5 Å². The fraction of sp³-hybridized carbons (Fsp3) is 0.804. The molecule has 2 saturated heterocycles. The topological polar surface area (TPSA) is 214 Å². The zero-order chi connectivity index (χ0) is 53.1. The van der Waals surface area contributed by atoms with Gasteiger partial charge in [0.15, 0.2) is 5.78 Å². The number of esters is 1. The standard InChI is InChI=1S/C56H91NO15/c1-11-68-27-28-70-47-33-43-22-20-41(8)56(65,72-43)53(62)54(63)57-24-16-15-19-44(57)55(64)71-48(38(5)31-42-21-23-46(69-26-25-58)49(32-42)66-9)34-45(59)37(4)30-40(7)51(61)52(67-10)50(60)39(6)29-35(2)17-13-12-14-18-36(47)3/h13,17-18,30,35,37-39,41-44,46-49,51-52,58,61,65H,11-12,14-16,19-29,31-34H2,1-10H3/b17-13+,36-18?,40-30+/t35-,37-,38-,39-,41-,42+,43+,44+,46-,47+,48+,49-,51-,52+,56-/m1/s1. The Balaban J connectivity index is 1.70. The van der Waals surface area contributed by atoms with Crippen LogP contribution in [0.3, 0.4) is 0 Å². The minimum atomic E-state index is -2.45. The molecule has 0 aromatic rings. The molecule has 1 amide bonds. The Hall–Kier alpha value is -3.19. The van der Waals surface area contributed by atoms with Gasteiger partial charge in [-0.1, -0.05) is 58.9 Å². The van der Waals surface area contributed by atoms with Crippen molar-refractivity contribution in [2.45, 2.75) is 200 Å². The molecule has 3 fully saturated rings. The third-order valence-electron chi connectivity index (χ3n) is 15.6. The van der Waals surface area contributed by atoms with E-state index >= 15 is 0 Å². The molecule has 15 atom stereocenters. The molecular weight excluding hydrogens is 927 g/mol. The molecule has 0 radical (unpaired) electrons. The number of cyclic esters (lactones) is 1. The van der Waals surface area contributed by atoms with Crippen LogP contribution in [0.1, 0.15) is 145 Å². The van der Waals surface area contributed by atoms with Crippen LogP contribution in [-0.4, -0.2) is 158 Å². The molecule has 410 valence electrons. The number of carbonyl (C=O) groups excluding carboxylic acids is 5. The second-order valence-electron chi connectivity index (χ2n) is 21.3. The predicted octanol–water partition coefficient (Wildman–Crippen LogP) is 6.83. The third kappa shape index (κ3) is 17.4. The van der Waals surface area contributed by atoms with E-state index in [1.54, 1.807) is 34.0 Å². The molecule has 3 heterocycles. The molecule has 0 spiro atoms. The summed E-state index contributed by atoms with van der Waals surface area (Å²) in [6.07, 6.45) is 10.1. The molecule has 16 heteroatoms.